The number of anilines is 1. The maximum Gasteiger partial charge on any atom is 0.247 e. The van der Waals surface area contributed by atoms with Gasteiger partial charge in [0.1, 0.15) is 6.04 Å². The number of carbonyl (C=O) groups is 1. The molecule has 1 atom stereocenters. The molecule has 1 aromatic heterocycles. The molecule has 0 aliphatic carbocycles. The molecule has 2 aromatic carbocycles. The summed E-state index contributed by atoms with van der Waals surface area (Å²) in [6.45, 7) is 13.5. The fourth-order valence-electron chi connectivity index (χ4n) is 4.86. The van der Waals surface area contributed by atoms with Crippen molar-refractivity contribution in [3.63, 3.8) is 0 Å². The van der Waals surface area contributed by atoms with E-state index in [9.17, 15) is 13.2 Å². The van der Waals surface area contributed by atoms with Gasteiger partial charge in [-0.15, -0.1) is 0 Å². The molecule has 1 aliphatic rings. The summed E-state index contributed by atoms with van der Waals surface area (Å²) in [6.07, 6.45) is 1.16. The zero-order valence-corrected chi connectivity index (χ0v) is 23.5. The number of hydrogen-bond donors (Lipinski definition) is 0. The van der Waals surface area contributed by atoms with Crippen molar-refractivity contribution >= 4 is 42.6 Å². The zero-order chi connectivity index (χ0) is 26.0. The third kappa shape index (κ3) is 5.34. The minimum Gasteiger partial charge on any atom is -0.302 e. The first-order chi connectivity index (χ1) is 17.1. The Morgan fingerprint density at radius 3 is 2.42 bits per heavy atom. The van der Waals surface area contributed by atoms with E-state index in [-0.39, 0.29) is 10.8 Å². The zero-order valence-electron chi connectivity index (χ0n) is 21.8. The van der Waals surface area contributed by atoms with Crippen LogP contribution in [0.1, 0.15) is 43.4 Å². The van der Waals surface area contributed by atoms with E-state index in [1.807, 2.05) is 13.8 Å². The van der Waals surface area contributed by atoms with Crippen LogP contribution in [-0.4, -0.2) is 67.3 Å². The maximum atomic E-state index is 14.1. The van der Waals surface area contributed by atoms with Crippen molar-refractivity contribution < 1.29 is 13.2 Å². The Balaban J connectivity index is 1.69. The van der Waals surface area contributed by atoms with Gasteiger partial charge in [0.2, 0.25) is 15.9 Å². The number of carbonyl (C=O) groups excluding carboxylic acids is 1. The van der Waals surface area contributed by atoms with Gasteiger partial charge in [0.15, 0.2) is 5.13 Å². The third-order valence-electron chi connectivity index (χ3n) is 6.97. The molecule has 1 saturated heterocycles. The topological polar surface area (TPSA) is 73.8 Å². The monoisotopic (exact) mass is 528 g/mol. The molecule has 9 heteroatoms. The molecule has 0 saturated carbocycles. The highest BCUT2D eigenvalue weighted by Crippen LogP contribution is 2.34. The molecule has 4 rings (SSSR count). The van der Waals surface area contributed by atoms with Gasteiger partial charge in [-0.05, 0) is 76.0 Å². The first-order valence-corrected chi connectivity index (χ1v) is 14.9. The summed E-state index contributed by atoms with van der Waals surface area (Å²) in [6, 6.07) is 10.3. The van der Waals surface area contributed by atoms with E-state index in [1.165, 1.54) is 15.6 Å². The summed E-state index contributed by atoms with van der Waals surface area (Å²) in [7, 11) is -3.78. The first kappa shape index (κ1) is 26.7. The highest BCUT2D eigenvalue weighted by molar-refractivity contribution is 7.89. The van der Waals surface area contributed by atoms with Crippen LogP contribution in [0.4, 0.5) is 5.13 Å². The van der Waals surface area contributed by atoms with E-state index >= 15 is 0 Å². The van der Waals surface area contributed by atoms with Crippen molar-refractivity contribution in [3.8, 4) is 0 Å². The Labute approximate surface area is 218 Å². The molecule has 3 aromatic rings. The Bertz CT molecular complexity index is 1330. The van der Waals surface area contributed by atoms with Crippen molar-refractivity contribution in [2.45, 2.75) is 58.4 Å². The SMILES string of the molecule is CCN(CC)CCN(C(=O)C1CCCN1S(=O)(=O)c1ccc(C)cc1)c1nc2c(C)cc(C)cc2s1. The fraction of sp³-hybridized carbons (Fsp3) is 0.481. The summed E-state index contributed by atoms with van der Waals surface area (Å²) in [4.78, 5) is 23.2. The normalized spacial score (nSPS) is 16.8. The molecule has 0 radical (unpaired) electrons. The Kier molecular flexibility index (Phi) is 8.14. The Hall–Kier alpha value is -2.33. The lowest BCUT2D eigenvalue weighted by molar-refractivity contribution is -0.121. The number of nitrogens with zero attached hydrogens (tertiary/aromatic N) is 4. The number of rotatable bonds is 9. The predicted molar refractivity (Wildman–Crippen MR) is 147 cm³/mol. The maximum absolute atomic E-state index is 14.1. The molecule has 0 spiro atoms. The number of hydrogen-bond acceptors (Lipinski definition) is 6. The van der Waals surface area contributed by atoms with Crippen LogP contribution in [0.2, 0.25) is 0 Å². The second kappa shape index (κ2) is 11.0. The minimum atomic E-state index is -3.78. The highest BCUT2D eigenvalue weighted by Gasteiger charge is 2.42. The van der Waals surface area contributed by atoms with Gasteiger partial charge in [-0.3, -0.25) is 9.69 Å². The van der Waals surface area contributed by atoms with Gasteiger partial charge in [0, 0.05) is 19.6 Å². The first-order valence-electron chi connectivity index (χ1n) is 12.7. The minimum absolute atomic E-state index is 0.191. The number of benzene rings is 2. The largest absolute Gasteiger partial charge is 0.302 e. The summed E-state index contributed by atoms with van der Waals surface area (Å²) in [5.41, 5.74) is 4.12. The summed E-state index contributed by atoms with van der Waals surface area (Å²) in [5.74, 6) is -0.191. The van der Waals surface area contributed by atoms with Crippen LogP contribution in [0.25, 0.3) is 10.2 Å². The van der Waals surface area contributed by atoms with Crippen LogP contribution in [0.15, 0.2) is 41.3 Å². The molecule has 7 nitrogen and oxygen atoms in total. The molecular formula is C27H36N4O3S2. The lowest BCUT2D eigenvalue weighted by Crippen LogP contribution is -2.49. The van der Waals surface area contributed by atoms with Crippen molar-refractivity contribution in [2.24, 2.45) is 0 Å². The Morgan fingerprint density at radius 2 is 1.75 bits per heavy atom. The lowest BCUT2D eigenvalue weighted by Gasteiger charge is -2.30. The van der Waals surface area contributed by atoms with Crippen LogP contribution in [0, 0.1) is 20.8 Å². The quantitative estimate of drug-likeness (QED) is 0.401. The molecule has 1 amide bonds. The van der Waals surface area contributed by atoms with E-state index in [0.717, 1.165) is 40.0 Å². The summed E-state index contributed by atoms with van der Waals surface area (Å²) < 4.78 is 29.5. The van der Waals surface area contributed by atoms with Crippen molar-refractivity contribution in [3.05, 3.63) is 53.1 Å². The van der Waals surface area contributed by atoms with Gasteiger partial charge in [-0.1, -0.05) is 48.9 Å². The van der Waals surface area contributed by atoms with Crippen LogP contribution < -0.4 is 4.90 Å². The predicted octanol–water partition coefficient (Wildman–Crippen LogP) is 4.75. The molecule has 2 heterocycles. The van der Waals surface area contributed by atoms with Crippen LogP contribution in [-0.2, 0) is 14.8 Å². The number of aromatic nitrogens is 1. The molecule has 1 unspecified atom stereocenters. The third-order valence-corrected chi connectivity index (χ3v) is 9.91. The van der Waals surface area contributed by atoms with Gasteiger partial charge in [0.25, 0.3) is 0 Å². The van der Waals surface area contributed by atoms with E-state index in [1.54, 1.807) is 29.2 Å². The second-order valence-electron chi connectivity index (χ2n) is 9.53. The molecule has 36 heavy (non-hydrogen) atoms. The van der Waals surface area contributed by atoms with Crippen LogP contribution in [0.5, 0.6) is 0 Å². The van der Waals surface area contributed by atoms with Crippen molar-refractivity contribution in [1.29, 1.82) is 0 Å². The van der Waals surface area contributed by atoms with Crippen LogP contribution >= 0.6 is 11.3 Å². The van der Waals surface area contributed by atoms with Crippen LogP contribution in [0.3, 0.4) is 0 Å². The average Bonchev–Trinajstić information content (AvgIpc) is 3.50. The van der Waals surface area contributed by atoms with Crippen molar-refractivity contribution in [2.75, 3.05) is 37.6 Å². The molecule has 1 fully saturated rings. The number of fused-ring (bicyclic) bond motifs is 1. The molecule has 1 aliphatic heterocycles. The number of thiazole rings is 1. The van der Waals surface area contributed by atoms with E-state index in [2.05, 4.69) is 37.8 Å². The standard InChI is InChI=1S/C27H36N4O3S2/c1-6-29(7-2)15-16-30(27-28-25-21(5)17-20(4)18-24(25)35-27)26(32)23-9-8-14-31(23)36(33,34)22-12-10-19(3)11-13-22/h10-13,17-18,23H,6-9,14-16H2,1-5H3. The Morgan fingerprint density at radius 1 is 1.06 bits per heavy atom. The number of amides is 1. The molecular weight excluding hydrogens is 492 g/mol. The molecule has 0 bridgehead atoms. The average molecular weight is 529 g/mol. The number of likely N-dealkylation sites (N-methyl/N-ethyl adjacent to an activating group) is 1. The fourth-order valence-corrected chi connectivity index (χ4v) is 7.68. The molecule has 0 N–H and O–H groups in total. The van der Waals surface area contributed by atoms with E-state index < -0.39 is 16.1 Å². The van der Waals surface area contributed by atoms with Gasteiger partial charge >= 0.3 is 0 Å². The number of aryl methyl sites for hydroxylation is 3. The van der Waals surface area contributed by atoms with Crippen molar-refractivity contribution in [1.82, 2.24) is 14.2 Å². The highest BCUT2D eigenvalue weighted by atomic mass is 32.2. The summed E-state index contributed by atoms with van der Waals surface area (Å²) in [5, 5.41) is 0.635. The van der Waals surface area contributed by atoms with E-state index in [4.69, 9.17) is 4.98 Å². The number of sulfonamides is 1. The van der Waals surface area contributed by atoms with Gasteiger partial charge < -0.3 is 4.90 Å². The van der Waals surface area contributed by atoms with Gasteiger partial charge in [-0.2, -0.15) is 4.31 Å². The summed E-state index contributed by atoms with van der Waals surface area (Å²) >= 11 is 1.50. The molecule has 194 valence electrons. The van der Waals surface area contributed by atoms with E-state index in [0.29, 0.717) is 37.6 Å². The van der Waals surface area contributed by atoms with Gasteiger partial charge in [-0.25, -0.2) is 13.4 Å². The smallest absolute Gasteiger partial charge is 0.247 e. The lowest BCUT2D eigenvalue weighted by atomic mass is 10.1. The van der Waals surface area contributed by atoms with Gasteiger partial charge in [0.05, 0.1) is 15.1 Å². The second-order valence-corrected chi connectivity index (χ2v) is 12.4.